The number of hydrogen-bond acceptors (Lipinski definition) is 2. The number of aliphatic hydroxyl groups is 1. The molecule has 0 bridgehead atoms. The molecule has 0 aliphatic carbocycles. The lowest BCUT2D eigenvalue weighted by atomic mass is 9.86. The van der Waals surface area contributed by atoms with Gasteiger partial charge in [0.2, 0.25) is 0 Å². The Balaban J connectivity index is 2.11. The van der Waals surface area contributed by atoms with Crippen molar-refractivity contribution in [2.75, 3.05) is 18.0 Å². The molecule has 18 heavy (non-hydrogen) atoms. The highest BCUT2D eigenvalue weighted by atomic mass is 35.5. The Morgan fingerprint density at radius 3 is 2.56 bits per heavy atom. The van der Waals surface area contributed by atoms with Crippen LogP contribution in [0.15, 0.2) is 18.2 Å². The van der Waals surface area contributed by atoms with Crippen LogP contribution in [0.3, 0.4) is 0 Å². The maximum absolute atomic E-state index is 9.41. The maximum atomic E-state index is 9.41. The Labute approximate surface area is 115 Å². The molecular weight excluding hydrogens is 246 g/mol. The van der Waals surface area contributed by atoms with Crippen LogP contribution in [0.2, 0.25) is 5.02 Å². The van der Waals surface area contributed by atoms with E-state index in [1.165, 1.54) is 12.8 Å². The van der Waals surface area contributed by atoms with E-state index in [1.807, 2.05) is 18.2 Å². The second-order valence-electron chi connectivity index (χ2n) is 5.50. The fraction of sp³-hybridized carbons (Fsp3) is 0.600. The molecule has 0 unspecified atom stereocenters. The van der Waals surface area contributed by atoms with Crippen molar-refractivity contribution in [3.05, 3.63) is 28.8 Å². The molecule has 2 nitrogen and oxygen atoms in total. The third-order valence-corrected chi connectivity index (χ3v) is 4.28. The average molecular weight is 268 g/mol. The summed E-state index contributed by atoms with van der Waals surface area (Å²) in [5, 5.41) is 10.2. The van der Waals surface area contributed by atoms with Crippen LogP contribution < -0.4 is 4.90 Å². The van der Waals surface area contributed by atoms with E-state index >= 15 is 0 Å². The lowest BCUT2D eigenvalue weighted by Gasteiger charge is -2.36. The minimum absolute atomic E-state index is 0.0800. The Hall–Kier alpha value is -0.730. The third kappa shape index (κ3) is 2.99. The van der Waals surface area contributed by atoms with E-state index in [-0.39, 0.29) is 6.61 Å². The molecule has 1 aliphatic rings. The van der Waals surface area contributed by atoms with E-state index in [0.717, 1.165) is 41.2 Å². The molecule has 100 valence electrons. The molecule has 0 aromatic heterocycles. The van der Waals surface area contributed by atoms with Gasteiger partial charge in [-0.1, -0.05) is 31.5 Å². The molecule has 0 spiro atoms. The summed E-state index contributed by atoms with van der Waals surface area (Å²) in [5.41, 5.74) is 2.08. The third-order valence-electron chi connectivity index (χ3n) is 4.04. The SMILES string of the molecule is CC(C)C1CCN(c2cc(Cl)ccc2CO)CC1. The molecule has 0 amide bonds. The number of hydrogen-bond donors (Lipinski definition) is 1. The summed E-state index contributed by atoms with van der Waals surface area (Å²) in [5.74, 6) is 1.60. The van der Waals surface area contributed by atoms with Gasteiger partial charge in [0, 0.05) is 29.4 Å². The van der Waals surface area contributed by atoms with Gasteiger partial charge in [-0.2, -0.15) is 0 Å². The summed E-state index contributed by atoms with van der Waals surface area (Å²) >= 11 is 6.06. The highest BCUT2D eigenvalue weighted by Crippen LogP contribution is 2.31. The molecule has 1 aromatic carbocycles. The van der Waals surface area contributed by atoms with E-state index in [1.54, 1.807) is 0 Å². The van der Waals surface area contributed by atoms with Gasteiger partial charge in [0.05, 0.1) is 6.61 Å². The topological polar surface area (TPSA) is 23.5 Å². The fourth-order valence-corrected chi connectivity index (χ4v) is 2.94. The summed E-state index contributed by atoms with van der Waals surface area (Å²) in [6.07, 6.45) is 2.46. The molecule has 2 rings (SSSR count). The smallest absolute Gasteiger partial charge is 0.0702 e. The Bertz CT molecular complexity index is 397. The predicted molar refractivity (Wildman–Crippen MR) is 77.1 cm³/mol. The van der Waals surface area contributed by atoms with Crippen LogP contribution in [0.5, 0.6) is 0 Å². The molecule has 1 heterocycles. The molecule has 0 saturated carbocycles. The quantitative estimate of drug-likeness (QED) is 0.903. The van der Waals surface area contributed by atoms with E-state index in [0.29, 0.717) is 0 Å². The van der Waals surface area contributed by atoms with Gasteiger partial charge in [-0.3, -0.25) is 0 Å². The molecule has 1 aliphatic heterocycles. The first-order chi connectivity index (χ1) is 8.61. The number of halogens is 1. The summed E-state index contributed by atoms with van der Waals surface area (Å²) in [7, 11) is 0. The normalized spacial score (nSPS) is 17.5. The lowest BCUT2D eigenvalue weighted by Crippen LogP contribution is -2.35. The number of piperidine rings is 1. The highest BCUT2D eigenvalue weighted by molar-refractivity contribution is 6.30. The standard InChI is InChI=1S/C15H22ClNO/c1-11(2)12-5-7-17(8-6-12)15-9-14(16)4-3-13(15)10-18/h3-4,9,11-12,18H,5-8,10H2,1-2H3. The van der Waals surface area contributed by atoms with E-state index in [4.69, 9.17) is 11.6 Å². The zero-order valence-electron chi connectivity index (χ0n) is 11.2. The van der Waals surface area contributed by atoms with E-state index in [9.17, 15) is 5.11 Å². The molecular formula is C15H22ClNO. The Kier molecular flexibility index (Phi) is 4.52. The second kappa shape index (κ2) is 5.94. The van der Waals surface area contributed by atoms with Gasteiger partial charge in [-0.25, -0.2) is 0 Å². The highest BCUT2D eigenvalue weighted by Gasteiger charge is 2.22. The van der Waals surface area contributed by atoms with Crippen LogP contribution in [0.1, 0.15) is 32.3 Å². The van der Waals surface area contributed by atoms with Crippen molar-refractivity contribution in [1.29, 1.82) is 0 Å². The Morgan fingerprint density at radius 2 is 2.00 bits per heavy atom. The number of rotatable bonds is 3. The number of anilines is 1. The molecule has 1 N–H and O–H groups in total. The first kappa shape index (κ1) is 13.7. The van der Waals surface area contributed by atoms with Crippen LogP contribution in [-0.4, -0.2) is 18.2 Å². The molecule has 0 atom stereocenters. The van der Waals surface area contributed by atoms with Crippen molar-refractivity contribution in [2.24, 2.45) is 11.8 Å². The predicted octanol–water partition coefficient (Wildman–Crippen LogP) is 3.70. The molecule has 1 fully saturated rings. The van der Waals surface area contributed by atoms with Crippen molar-refractivity contribution in [1.82, 2.24) is 0 Å². The second-order valence-corrected chi connectivity index (χ2v) is 5.94. The average Bonchev–Trinajstić information content (AvgIpc) is 2.39. The van der Waals surface area contributed by atoms with Crippen molar-refractivity contribution in [3.8, 4) is 0 Å². The summed E-state index contributed by atoms with van der Waals surface area (Å²) in [6.45, 7) is 6.82. The lowest BCUT2D eigenvalue weighted by molar-refractivity contribution is 0.280. The zero-order chi connectivity index (χ0) is 13.1. The van der Waals surface area contributed by atoms with Gasteiger partial charge >= 0.3 is 0 Å². The first-order valence-electron chi connectivity index (χ1n) is 6.76. The van der Waals surface area contributed by atoms with Gasteiger partial charge in [-0.05, 0) is 36.8 Å². The minimum Gasteiger partial charge on any atom is -0.392 e. The van der Waals surface area contributed by atoms with Gasteiger partial charge < -0.3 is 10.0 Å². The van der Waals surface area contributed by atoms with Crippen molar-refractivity contribution >= 4 is 17.3 Å². The van der Waals surface area contributed by atoms with Crippen LogP contribution in [0.4, 0.5) is 5.69 Å². The summed E-state index contributed by atoms with van der Waals surface area (Å²) in [6, 6.07) is 5.74. The van der Waals surface area contributed by atoms with Crippen molar-refractivity contribution in [3.63, 3.8) is 0 Å². The van der Waals surface area contributed by atoms with Crippen LogP contribution in [0, 0.1) is 11.8 Å². The number of benzene rings is 1. The van der Waals surface area contributed by atoms with Crippen molar-refractivity contribution in [2.45, 2.75) is 33.3 Å². The van der Waals surface area contributed by atoms with Crippen molar-refractivity contribution < 1.29 is 5.11 Å². The fourth-order valence-electron chi connectivity index (χ4n) is 2.77. The summed E-state index contributed by atoms with van der Waals surface area (Å²) < 4.78 is 0. The van der Waals surface area contributed by atoms with Crippen LogP contribution >= 0.6 is 11.6 Å². The maximum Gasteiger partial charge on any atom is 0.0702 e. The Morgan fingerprint density at radius 1 is 1.33 bits per heavy atom. The van der Waals surface area contributed by atoms with E-state index in [2.05, 4.69) is 18.7 Å². The molecule has 3 heteroatoms. The monoisotopic (exact) mass is 267 g/mol. The minimum atomic E-state index is 0.0800. The van der Waals surface area contributed by atoms with Gasteiger partial charge in [0.25, 0.3) is 0 Å². The van der Waals surface area contributed by atoms with Gasteiger partial charge in [0.15, 0.2) is 0 Å². The first-order valence-corrected chi connectivity index (χ1v) is 7.14. The zero-order valence-corrected chi connectivity index (χ0v) is 12.0. The molecule has 0 radical (unpaired) electrons. The molecule has 1 saturated heterocycles. The van der Waals surface area contributed by atoms with E-state index < -0.39 is 0 Å². The van der Waals surface area contributed by atoms with Crippen LogP contribution in [0.25, 0.3) is 0 Å². The van der Waals surface area contributed by atoms with Crippen LogP contribution in [-0.2, 0) is 6.61 Å². The largest absolute Gasteiger partial charge is 0.392 e. The number of aliphatic hydroxyl groups excluding tert-OH is 1. The molecule has 1 aromatic rings. The number of nitrogens with zero attached hydrogens (tertiary/aromatic N) is 1. The summed E-state index contributed by atoms with van der Waals surface area (Å²) in [4.78, 5) is 2.36. The van der Waals surface area contributed by atoms with Gasteiger partial charge in [-0.15, -0.1) is 0 Å². The van der Waals surface area contributed by atoms with Gasteiger partial charge in [0.1, 0.15) is 0 Å².